The number of hydrogen-bond donors (Lipinski definition) is 3. The molecule has 9 heteroatoms. The predicted octanol–water partition coefficient (Wildman–Crippen LogP) is 0.511. The Bertz CT molecular complexity index is 993. The number of nitrogens with two attached hydrogens (primary N) is 2. The van der Waals surface area contributed by atoms with Crippen molar-refractivity contribution >= 4 is 21.8 Å². The zero-order valence-corrected chi connectivity index (χ0v) is 17.3. The van der Waals surface area contributed by atoms with E-state index in [1.54, 1.807) is 17.0 Å². The molecule has 0 aromatic heterocycles. The molecule has 3 rings (SSSR count). The molecule has 1 fully saturated rings. The molecule has 5 N–H and O–H groups in total. The van der Waals surface area contributed by atoms with E-state index in [9.17, 15) is 18.0 Å². The van der Waals surface area contributed by atoms with Gasteiger partial charge in [0.1, 0.15) is 6.04 Å². The van der Waals surface area contributed by atoms with Crippen LogP contribution >= 0.6 is 0 Å². The molecular weight excluding hydrogens is 404 g/mol. The average Bonchev–Trinajstić information content (AvgIpc) is 3.21. The summed E-state index contributed by atoms with van der Waals surface area (Å²) >= 11 is 0. The van der Waals surface area contributed by atoms with Crippen LogP contribution < -0.4 is 16.2 Å². The Balaban J connectivity index is 1.57. The number of rotatable bonds is 7. The molecule has 0 unspecified atom stereocenters. The summed E-state index contributed by atoms with van der Waals surface area (Å²) in [6.07, 6.45) is 1.74. The molecule has 0 bridgehead atoms. The van der Waals surface area contributed by atoms with Gasteiger partial charge in [0.05, 0.1) is 10.9 Å². The second kappa shape index (κ2) is 9.38. The molecule has 0 saturated carbocycles. The first-order chi connectivity index (χ1) is 14.3. The Labute approximate surface area is 176 Å². The zero-order chi connectivity index (χ0) is 21.7. The first-order valence-electron chi connectivity index (χ1n) is 9.75. The number of nitrogens with one attached hydrogen (secondary N) is 1. The Hall–Kier alpha value is -2.75. The molecule has 2 atom stereocenters. The molecule has 1 aliphatic rings. The fourth-order valence-corrected chi connectivity index (χ4v) is 4.09. The van der Waals surface area contributed by atoms with Crippen LogP contribution in [0.25, 0.3) is 0 Å². The van der Waals surface area contributed by atoms with E-state index in [1.165, 1.54) is 12.1 Å². The van der Waals surface area contributed by atoms with Crippen LogP contribution in [0.1, 0.15) is 24.0 Å². The standard InChI is InChI=1S/C21H26N4O4S/c22-18(13-15-5-2-1-3-6-15)21(27)25-12-4-7-19(25)20(26)24-14-16-8-10-17(11-9-16)30(23,28)29/h1-3,5-6,8-11,18-19H,4,7,12-14,22H2,(H,24,26)(H2,23,28,29)/t18-,19-/m0/s1. The number of carbonyl (C=O) groups excluding carboxylic acids is 2. The molecule has 0 aliphatic carbocycles. The largest absolute Gasteiger partial charge is 0.350 e. The lowest BCUT2D eigenvalue weighted by Crippen LogP contribution is -2.51. The van der Waals surface area contributed by atoms with Crippen molar-refractivity contribution in [3.05, 3.63) is 65.7 Å². The third kappa shape index (κ3) is 5.44. The third-order valence-corrected chi connectivity index (χ3v) is 6.10. The molecule has 0 radical (unpaired) electrons. The van der Waals surface area contributed by atoms with E-state index in [0.29, 0.717) is 19.4 Å². The van der Waals surface area contributed by atoms with Crippen molar-refractivity contribution in [3.63, 3.8) is 0 Å². The van der Waals surface area contributed by atoms with Crippen LogP contribution in [0.15, 0.2) is 59.5 Å². The van der Waals surface area contributed by atoms with Gasteiger partial charge in [0, 0.05) is 13.1 Å². The lowest BCUT2D eigenvalue weighted by Gasteiger charge is -2.26. The van der Waals surface area contributed by atoms with Crippen LogP contribution in [0.5, 0.6) is 0 Å². The molecule has 30 heavy (non-hydrogen) atoms. The van der Waals surface area contributed by atoms with E-state index in [2.05, 4.69) is 5.32 Å². The second-order valence-corrected chi connectivity index (χ2v) is 8.95. The predicted molar refractivity (Wildman–Crippen MR) is 113 cm³/mol. The minimum atomic E-state index is -3.75. The van der Waals surface area contributed by atoms with Crippen molar-refractivity contribution < 1.29 is 18.0 Å². The minimum absolute atomic E-state index is 0.0116. The summed E-state index contributed by atoms with van der Waals surface area (Å²) in [6, 6.07) is 14.2. The van der Waals surface area contributed by atoms with Crippen molar-refractivity contribution in [3.8, 4) is 0 Å². The summed E-state index contributed by atoms with van der Waals surface area (Å²) < 4.78 is 22.6. The number of amides is 2. The van der Waals surface area contributed by atoms with Crippen LogP contribution in [-0.2, 0) is 32.6 Å². The number of carbonyl (C=O) groups is 2. The van der Waals surface area contributed by atoms with Gasteiger partial charge in [-0.05, 0) is 42.5 Å². The lowest BCUT2D eigenvalue weighted by atomic mass is 10.1. The maximum Gasteiger partial charge on any atom is 0.243 e. The first-order valence-corrected chi connectivity index (χ1v) is 11.3. The molecule has 0 spiro atoms. The van der Waals surface area contributed by atoms with Gasteiger partial charge in [-0.15, -0.1) is 0 Å². The quantitative estimate of drug-likeness (QED) is 0.588. The fraction of sp³-hybridized carbons (Fsp3) is 0.333. The summed E-state index contributed by atoms with van der Waals surface area (Å²) in [5.74, 6) is -0.475. The number of likely N-dealkylation sites (tertiary alicyclic amines) is 1. The van der Waals surface area contributed by atoms with Gasteiger partial charge in [0.15, 0.2) is 0 Å². The SMILES string of the molecule is N[C@@H](Cc1ccccc1)C(=O)N1CCC[C@H]1C(=O)NCc1ccc(S(N)(=O)=O)cc1. The van der Waals surface area contributed by atoms with Crippen LogP contribution in [0.4, 0.5) is 0 Å². The van der Waals surface area contributed by atoms with Crippen LogP contribution in [-0.4, -0.2) is 43.8 Å². The highest BCUT2D eigenvalue weighted by molar-refractivity contribution is 7.89. The van der Waals surface area contributed by atoms with E-state index in [-0.39, 0.29) is 23.3 Å². The maximum absolute atomic E-state index is 12.8. The third-order valence-electron chi connectivity index (χ3n) is 5.17. The first kappa shape index (κ1) is 21.9. The Morgan fingerprint density at radius 3 is 2.37 bits per heavy atom. The minimum Gasteiger partial charge on any atom is -0.350 e. The van der Waals surface area contributed by atoms with Gasteiger partial charge < -0.3 is 16.0 Å². The number of nitrogens with zero attached hydrogens (tertiary/aromatic N) is 1. The monoisotopic (exact) mass is 430 g/mol. The smallest absolute Gasteiger partial charge is 0.243 e. The number of sulfonamides is 1. The van der Waals surface area contributed by atoms with E-state index in [1.807, 2.05) is 30.3 Å². The summed E-state index contributed by atoms with van der Waals surface area (Å²) in [5, 5.41) is 7.90. The molecule has 8 nitrogen and oxygen atoms in total. The van der Waals surface area contributed by atoms with Gasteiger partial charge in [0.25, 0.3) is 0 Å². The topological polar surface area (TPSA) is 136 Å². The highest BCUT2D eigenvalue weighted by Gasteiger charge is 2.35. The van der Waals surface area contributed by atoms with Crippen molar-refractivity contribution in [2.75, 3.05) is 6.54 Å². The molecule has 1 saturated heterocycles. The van der Waals surface area contributed by atoms with E-state index in [0.717, 1.165) is 17.5 Å². The molecule has 1 aliphatic heterocycles. The normalized spacial score (nSPS) is 17.5. The number of benzene rings is 2. The van der Waals surface area contributed by atoms with Crippen LogP contribution in [0.3, 0.4) is 0 Å². The van der Waals surface area contributed by atoms with Crippen LogP contribution in [0, 0.1) is 0 Å². The van der Waals surface area contributed by atoms with E-state index >= 15 is 0 Å². The van der Waals surface area contributed by atoms with Gasteiger partial charge in [-0.1, -0.05) is 42.5 Å². The van der Waals surface area contributed by atoms with Crippen molar-refractivity contribution in [2.45, 2.75) is 42.8 Å². The fourth-order valence-electron chi connectivity index (χ4n) is 3.58. The Morgan fingerprint density at radius 2 is 1.73 bits per heavy atom. The summed E-state index contributed by atoms with van der Waals surface area (Å²) in [7, 11) is -3.75. The van der Waals surface area contributed by atoms with Crippen molar-refractivity contribution in [1.29, 1.82) is 0 Å². The Kier molecular flexibility index (Phi) is 6.86. The second-order valence-electron chi connectivity index (χ2n) is 7.39. The maximum atomic E-state index is 12.8. The highest BCUT2D eigenvalue weighted by Crippen LogP contribution is 2.19. The van der Waals surface area contributed by atoms with Crippen LogP contribution in [0.2, 0.25) is 0 Å². The highest BCUT2D eigenvalue weighted by atomic mass is 32.2. The van der Waals surface area contributed by atoms with Gasteiger partial charge >= 0.3 is 0 Å². The molecule has 2 aromatic rings. The molecular formula is C21H26N4O4S. The molecule has 2 amide bonds. The summed E-state index contributed by atoms with van der Waals surface area (Å²) in [5.41, 5.74) is 7.83. The summed E-state index contributed by atoms with van der Waals surface area (Å²) in [6.45, 7) is 0.723. The lowest BCUT2D eigenvalue weighted by molar-refractivity contribution is -0.139. The molecule has 2 aromatic carbocycles. The number of primary sulfonamides is 1. The number of hydrogen-bond acceptors (Lipinski definition) is 5. The van der Waals surface area contributed by atoms with Gasteiger partial charge in [-0.25, -0.2) is 13.6 Å². The van der Waals surface area contributed by atoms with E-state index < -0.39 is 22.1 Å². The van der Waals surface area contributed by atoms with E-state index in [4.69, 9.17) is 10.9 Å². The molecule has 160 valence electrons. The van der Waals surface area contributed by atoms with Crippen molar-refractivity contribution in [1.82, 2.24) is 10.2 Å². The van der Waals surface area contributed by atoms with Gasteiger partial charge in [-0.2, -0.15) is 0 Å². The Morgan fingerprint density at radius 1 is 1.07 bits per heavy atom. The van der Waals surface area contributed by atoms with Crippen molar-refractivity contribution in [2.24, 2.45) is 10.9 Å². The average molecular weight is 431 g/mol. The molecule has 1 heterocycles. The van der Waals surface area contributed by atoms with Gasteiger partial charge in [0.2, 0.25) is 21.8 Å². The zero-order valence-electron chi connectivity index (χ0n) is 16.5. The summed E-state index contributed by atoms with van der Waals surface area (Å²) in [4.78, 5) is 27.1. The van der Waals surface area contributed by atoms with Gasteiger partial charge in [-0.3, -0.25) is 9.59 Å².